The van der Waals surface area contributed by atoms with Crippen LogP contribution in [0.25, 0.3) is 0 Å². The van der Waals surface area contributed by atoms with Crippen LogP contribution in [0.3, 0.4) is 0 Å². The molecule has 2 fully saturated rings. The number of hydrogen-bond donors (Lipinski definition) is 1. The van der Waals surface area contributed by atoms with Crippen LogP contribution in [0.5, 0.6) is 11.5 Å². The molecule has 1 atom stereocenters. The van der Waals surface area contributed by atoms with Crippen LogP contribution in [0, 0.1) is 0 Å². The van der Waals surface area contributed by atoms with Crippen molar-refractivity contribution in [2.45, 2.75) is 37.5 Å². The van der Waals surface area contributed by atoms with Crippen molar-refractivity contribution in [2.75, 3.05) is 16.9 Å². The Morgan fingerprint density at radius 1 is 1.03 bits per heavy atom. The number of thioether (sulfide) groups is 1. The first kappa shape index (κ1) is 18.4. The molecule has 2 aromatic rings. The summed E-state index contributed by atoms with van der Waals surface area (Å²) in [6.07, 6.45) is 3.98. The molecule has 7 heteroatoms. The molecule has 29 heavy (non-hydrogen) atoms. The first-order valence-electron chi connectivity index (χ1n) is 9.90. The molecule has 1 unspecified atom stereocenters. The summed E-state index contributed by atoms with van der Waals surface area (Å²) in [7, 11) is 0. The Balaban J connectivity index is 1.29. The Morgan fingerprint density at radius 3 is 2.59 bits per heavy atom. The third-order valence-electron chi connectivity index (χ3n) is 5.64. The van der Waals surface area contributed by atoms with Gasteiger partial charge in [-0.05, 0) is 37.1 Å². The number of amides is 2. The summed E-state index contributed by atoms with van der Waals surface area (Å²) >= 11 is 1.58. The maximum Gasteiger partial charge on any atom is 0.255 e. The first-order chi connectivity index (χ1) is 14.1. The Labute approximate surface area is 173 Å². The van der Waals surface area contributed by atoms with E-state index in [1.165, 1.54) is 0 Å². The average Bonchev–Trinajstić information content (AvgIpc) is 3.47. The Hall–Kier alpha value is -2.67. The van der Waals surface area contributed by atoms with Gasteiger partial charge in [0.25, 0.3) is 11.7 Å². The zero-order valence-electron chi connectivity index (χ0n) is 15.9. The molecule has 1 spiro atoms. The molecule has 1 N–H and O–H groups in total. The lowest BCUT2D eigenvalue weighted by Gasteiger charge is -2.23. The highest BCUT2D eigenvalue weighted by Crippen LogP contribution is 2.47. The molecule has 2 heterocycles. The second-order valence-electron chi connectivity index (χ2n) is 7.63. The second kappa shape index (κ2) is 7.30. The van der Waals surface area contributed by atoms with Crippen LogP contribution < -0.4 is 14.8 Å². The summed E-state index contributed by atoms with van der Waals surface area (Å²) in [6, 6.07) is 14.0. The van der Waals surface area contributed by atoms with E-state index in [-0.39, 0.29) is 11.8 Å². The number of benzene rings is 2. The van der Waals surface area contributed by atoms with Crippen molar-refractivity contribution >= 4 is 29.3 Å². The third kappa shape index (κ3) is 3.44. The van der Waals surface area contributed by atoms with Crippen molar-refractivity contribution in [3.8, 4) is 11.5 Å². The molecule has 0 radical (unpaired) electrons. The van der Waals surface area contributed by atoms with Crippen LogP contribution in [-0.4, -0.2) is 40.2 Å². The lowest BCUT2D eigenvalue weighted by Crippen LogP contribution is -2.44. The fourth-order valence-electron chi connectivity index (χ4n) is 4.12. The minimum atomic E-state index is -0.522. The van der Waals surface area contributed by atoms with E-state index in [0.29, 0.717) is 28.6 Å². The number of hydrogen-bond acceptors (Lipinski definition) is 5. The first-order valence-corrected chi connectivity index (χ1v) is 11.1. The molecule has 3 aliphatic rings. The predicted octanol–water partition coefficient (Wildman–Crippen LogP) is 3.88. The van der Waals surface area contributed by atoms with E-state index in [2.05, 4.69) is 5.32 Å². The SMILES string of the molecule is O=C(Nc1ccc2c(c1)OC1(CCCC1)O2)C1CSCN1C(=O)c1ccccc1. The van der Waals surface area contributed by atoms with Gasteiger partial charge in [0.2, 0.25) is 5.91 Å². The summed E-state index contributed by atoms with van der Waals surface area (Å²) < 4.78 is 12.1. The van der Waals surface area contributed by atoms with Gasteiger partial charge >= 0.3 is 0 Å². The van der Waals surface area contributed by atoms with Crippen molar-refractivity contribution < 1.29 is 19.1 Å². The van der Waals surface area contributed by atoms with Gasteiger partial charge < -0.3 is 19.7 Å². The van der Waals surface area contributed by atoms with Gasteiger partial charge in [-0.1, -0.05) is 18.2 Å². The minimum absolute atomic E-state index is 0.121. The zero-order chi connectivity index (χ0) is 19.8. The largest absolute Gasteiger partial charge is 0.448 e. The fourth-order valence-corrected chi connectivity index (χ4v) is 5.28. The van der Waals surface area contributed by atoms with E-state index >= 15 is 0 Å². The summed E-state index contributed by atoms with van der Waals surface area (Å²) in [5.74, 6) is 1.66. The fraction of sp³-hybridized carbons (Fsp3) is 0.364. The standard InChI is InChI=1S/C22H22N2O4S/c25-20(17-13-29-14-24(17)21(26)15-6-2-1-3-7-15)23-16-8-9-18-19(12-16)28-22(27-18)10-4-5-11-22/h1-3,6-9,12,17H,4-5,10-11,13-14H2,(H,23,25). The van der Waals surface area contributed by atoms with Crippen molar-refractivity contribution in [2.24, 2.45) is 0 Å². The van der Waals surface area contributed by atoms with Gasteiger partial charge in [0.05, 0.1) is 5.88 Å². The minimum Gasteiger partial charge on any atom is -0.448 e. The smallest absolute Gasteiger partial charge is 0.255 e. The molecule has 150 valence electrons. The number of anilines is 1. The van der Waals surface area contributed by atoms with Crippen LogP contribution in [0.2, 0.25) is 0 Å². The van der Waals surface area contributed by atoms with Crippen molar-refractivity contribution in [3.63, 3.8) is 0 Å². The Morgan fingerprint density at radius 2 is 1.79 bits per heavy atom. The van der Waals surface area contributed by atoms with Crippen LogP contribution in [0.1, 0.15) is 36.0 Å². The number of rotatable bonds is 3. The lowest BCUT2D eigenvalue weighted by molar-refractivity contribution is -0.119. The number of nitrogens with one attached hydrogen (secondary N) is 1. The van der Waals surface area contributed by atoms with Gasteiger partial charge in [-0.3, -0.25) is 9.59 Å². The normalized spacial score (nSPS) is 21.5. The molecular weight excluding hydrogens is 388 g/mol. The number of fused-ring (bicyclic) bond motifs is 1. The molecule has 1 saturated carbocycles. The second-order valence-corrected chi connectivity index (χ2v) is 8.63. The van der Waals surface area contributed by atoms with Crippen LogP contribution >= 0.6 is 11.8 Å². The van der Waals surface area contributed by atoms with Crippen molar-refractivity contribution in [1.82, 2.24) is 4.90 Å². The molecular formula is C22H22N2O4S. The van der Waals surface area contributed by atoms with Crippen LogP contribution in [-0.2, 0) is 4.79 Å². The zero-order valence-corrected chi connectivity index (χ0v) is 16.7. The number of ether oxygens (including phenoxy) is 2. The van der Waals surface area contributed by atoms with E-state index in [1.54, 1.807) is 28.8 Å². The van der Waals surface area contributed by atoms with E-state index in [1.807, 2.05) is 36.4 Å². The summed E-state index contributed by atoms with van der Waals surface area (Å²) in [4.78, 5) is 27.4. The summed E-state index contributed by atoms with van der Waals surface area (Å²) in [5.41, 5.74) is 1.24. The van der Waals surface area contributed by atoms with Gasteiger partial charge in [-0.2, -0.15) is 0 Å². The van der Waals surface area contributed by atoms with Gasteiger partial charge in [0, 0.05) is 35.9 Å². The number of nitrogens with zero attached hydrogens (tertiary/aromatic N) is 1. The predicted molar refractivity (Wildman–Crippen MR) is 111 cm³/mol. The maximum absolute atomic E-state index is 12.9. The van der Waals surface area contributed by atoms with Crippen molar-refractivity contribution in [3.05, 3.63) is 54.1 Å². The quantitative estimate of drug-likeness (QED) is 0.832. The van der Waals surface area contributed by atoms with E-state index in [9.17, 15) is 9.59 Å². The highest BCUT2D eigenvalue weighted by atomic mass is 32.2. The molecule has 5 rings (SSSR count). The monoisotopic (exact) mass is 410 g/mol. The molecule has 2 aliphatic heterocycles. The topological polar surface area (TPSA) is 67.9 Å². The Bertz CT molecular complexity index is 943. The maximum atomic E-state index is 12.9. The number of carbonyl (C=O) groups excluding carboxylic acids is 2. The molecule has 2 amide bonds. The van der Waals surface area contributed by atoms with E-state index in [4.69, 9.17) is 9.47 Å². The Kier molecular flexibility index (Phi) is 4.62. The van der Waals surface area contributed by atoms with E-state index < -0.39 is 11.8 Å². The number of carbonyl (C=O) groups is 2. The highest BCUT2D eigenvalue weighted by Gasteiger charge is 2.44. The summed E-state index contributed by atoms with van der Waals surface area (Å²) in [5, 5.41) is 2.95. The molecule has 0 aromatic heterocycles. The molecule has 1 saturated heterocycles. The molecule has 1 aliphatic carbocycles. The molecule has 2 aromatic carbocycles. The van der Waals surface area contributed by atoms with E-state index in [0.717, 1.165) is 31.4 Å². The van der Waals surface area contributed by atoms with Crippen LogP contribution in [0.15, 0.2) is 48.5 Å². The van der Waals surface area contributed by atoms with Gasteiger partial charge in [0.1, 0.15) is 6.04 Å². The highest BCUT2D eigenvalue weighted by molar-refractivity contribution is 7.99. The van der Waals surface area contributed by atoms with Crippen LogP contribution in [0.4, 0.5) is 5.69 Å². The third-order valence-corrected chi connectivity index (χ3v) is 6.65. The lowest BCUT2D eigenvalue weighted by atomic mass is 10.1. The summed E-state index contributed by atoms with van der Waals surface area (Å²) in [6.45, 7) is 0. The van der Waals surface area contributed by atoms with Gasteiger partial charge in [0.15, 0.2) is 11.5 Å². The molecule has 6 nitrogen and oxygen atoms in total. The van der Waals surface area contributed by atoms with Crippen molar-refractivity contribution in [1.29, 1.82) is 0 Å². The average molecular weight is 410 g/mol. The van der Waals surface area contributed by atoms with Gasteiger partial charge in [-0.25, -0.2) is 0 Å². The van der Waals surface area contributed by atoms with Gasteiger partial charge in [-0.15, -0.1) is 11.8 Å². The molecule has 0 bridgehead atoms.